The van der Waals surface area contributed by atoms with Crippen LogP contribution < -0.4 is 4.90 Å². The quantitative estimate of drug-likeness (QED) is 0.857. The average molecular weight is 342 g/mol. The number of anilines is 1. The Bertz CT molecular complexity index is 697. The summed E-state index contributed by atoms with van der Waals surface area (Å²) in [6.45, 7) is 1.83. The fourth-order valence-electron chi connectivity index (χ4n) is 4.05. The molecule has 1 saturated carbocycles. The summed E-state index contributed by atoms with van der Waals surface area (Å²) >= 11 is 1.67. The molecule has 2 aromatic heterocycles. The van der Waals surface area contributed by atoms with Gasteiger partial charge in [-0.1, -0.05) is 6.07 Å². The summed E-state index contributed by atoms with van der Waals surface area (Å²) in [5.41, 5.74) is 0.330. The fraction of sp³-hybridized carbons (Fsp3) is 0.500. The van der Waals surface area contributed by atoms with Crippen LogP contribution in [0, 0.1) is 5.41 Å². The van der Waals surface area contributed by atoms with Crippen LogP contribution in [-0.2, 0) is 11.2 Å². The minimum absolute atomic E-state index is 0.280. The van der Waals surface area contributed by atoms with E-state index < -0.39 is 0 Å². The van der Waals surface area contributed by atoms with Crippen LogP contribution in [-0.4, -0.2) is 47.0 Å². The first-order chi connectivity index (χ1) is 11.7. The molecule has 6 heteroatoms. The molecule has 0 radical (unpaired) electrons. The third-order valence-electron chi connectivity index (χ3n) is 5.51. The molecule has 1 aliphatic heterocycles. The topological polar surface area (TPSA) is 49.3 Å². The van der Waals surface area contributed by atoms with Crippen LogP contribution in [0.15, 0.2) is 36.1 Å². The minimum Gasteiger partial charge on any atom is -0.357 e. The van der Waals surface area contributed by atoms with Gasteiger partial charge in [-0.3, -0.25) is 4.79 Å². The highest BCUT2D eigenvalue weighted by Gasteiger charge is 2.50. The molecule has 1 saturated heterocycles. The zero-order chi connectivity index (χ0) is 16.6. The molecule has 0 bridgehead atoms. The Morgan fingerprint density at radius 1 is 1.46 bits per heavy atom. The molecule has 0 aromatic carbocycles. The first-order valence-electron chi connectivity index (χ1n) is 8.44. The SMILES string of the molecule is CN(c1ccncn1)C1CC2(CCN(C(=O)Cc3cccs3)C2)C1. The lowest BCUT2D eigenvalue weighted by atomic mass is 9.64. The molecule has 24 heavy (non-hydrogen) atoms. The molecule has 4 rings (SSSR count). The molecular formula is C18H22N4OS. The average Bonchev–Trinajstić information content (AvgIpc) is 3.23. The largest absolute Gasteiger partial charge is 0.357 e. The third-order valence-corrected chi connectivity index (χ3v) is 6.39. The van der Waals surface area contributed by atoms with Crippen LogP contribution in [0.3, 0.4) is 0 Å². The highest BCUT2D eigenvalue weighted by atomic mass is 32.1. The Kier molecular flexibility index (Phi) is 4.00. The molecule has 2 aliphatic rings. The number of rotatable bonds is 4. The lowest BCUT2D eigenvalue weighted by molar-refractivity contribution is -0.130. The van der Waals surface area contributed by atoms with E-state index in [1.54, 1.807) is 23.9 Å². The van der Waals surface area contributed by atoms with Crippen molar-refractivity contribution in [2.75, 3.05) is 25.0 Å². The number of hydrogen-bond donors (Lipinski definition) is 0. The third kappa shape index (κ3) is 2.90. The van der Waals surface area contributed by atoms with Crippen LogP contribution >= 0.6 is 11.3 Å². The summed E-state index contributed by atoms with van der Waals surface area (Å²) < 4.78 is 0. The standard InChI is InChI=1S/C18H22N4OS/c1-21(16-4-6-19-13-20-16)14-10-18(11-14)5-7-22(12-18)17(23)9-15-3-2-8-24-15/h2-4,6,8,13-14H,5,7,9-12H2,1H3. The number of hydrogen-bond acceptors (Lipinski definition) is 5. The van der Waals surface area contributed by atoms with Crippen LogP contribution in [0.2, 0.25) is 0 Å². The molecular weight excluding hydrogens is 320 g/mol. The van der Waals surface area contributed by atoms with Crippen molar-refractivity contribution in [1.82, 2.24) is 14.9 Å². The lowest BCUT2D eigenvalue weighted by Gasteiger charge is -2.49. The van der Waals surface area contributed by atoms with Crippen molar-refractivity contribution in [3.05, 3.63) is 41.0 Å². The normalized spacial score (nSPS) is 25.7. The second-order valence-corrected chi connectivity index (χ2v) is 8.09. The zero-order valence-electron chi connectivity index (χ0n) is 13.9. The predicted molar refractivity (Wildman–Crippen MR) is 95.1 cm³/mol. The van der Waals surface area contributed by atoms with Crippen LogP contribution in [0.5, 0.6) is 0 Å². The monoisotopic (exact) mass is 342 g/mol. The maximum absolute atomic E-state index is 12.5. The van der Waals surface area contributed by atoms with E-state index in [4.69, 9.17) is 0 Å². The Balaban J connectivity index is 1.32. The molecule has 126 valence electrons. The van der Waals surface area contributed by atoms with Gasteiger partial charge in [-0.25, -0.2) is 9.97 Å². The molecule has 1 aliphatic carbocycles. The molecule has 0 unspecified atom stereocenters. The Morgan fingerprint density at radius 3 is 3.04 bits per heavy atom. The number of nitrogens with zero attached hydrogens (tertiary/aromatic N) is 4. The summed E-state index contributed by atoms with van der Waals surface area (Å²) in [5.74, 6) is 1.26. The number of amides is 1. The van der Waals surface area contributed by atoms with Crippen molar-refractivity contribution < 1.29 is 4.79 Å². The van der Waals surface area contributed by atoms with E-state index in [0.29, 0.717) is 17.9 Å². The highest BCUT2D eigenvalue weighted by molar-refractivity contribution is 7.10. The lowest BCUT2D eigenvalue weighted by Crippen LogP contribution is -2.51. The van der Waals surface area contributed by atoms with Gasteiger partial charge in [-0.15, -0.1) is 11.3 Å². The van der Waals surface area contributed by atoms with Crippen molar-refractivity contribution in [3.63, 3.8) is 0 Å². The van der Waals surface area contributed by atoms with Crippen LogP contribution in [0.4, 0.5) is 5.82 Å². The first-order valence-corrected chi connectivity index (χ1v) is 9.32. The van der Waals surface area contributed by atoms with Gasteiger partial charge in [0.15, 0.2) is 0 Å². The molecule has 3 heterocycles. The van der Waals surface area contributed by atoms with E-state index >= 15 is 0 Å². The number of carbonyl (C=O) groups is 1. The molecule has 1 spiro atoms. The summed E-state index contributed by atoms with van der Waals surface area (Å²) in [7, 11) is 2.11. The highest BCUT2D eigenvalue weighted by Crippen LogP contribution is 2.50. The summed E-state index contributed by atoms with van der Waals surface area (Å²) in [5, 5.41) is 2.04. The van der Waals surface area contributed by atoms with E-state index in [1.807, 2.05) is 23.6 Å². The number of thiophene rings is 1. The molecule has 2 aromatic rings. The van der Waals surface area contributed by atoms with Crippen LogP contribution in [0.1, 0.15) is 24.1 Å². The smallest absolute Gasteiger partial charge is 0.227 e. The van der Waals surface area contributed by atoms with E-state index in [-0.39, 0.29) is 5.91 Å². The van der Waals surface area contributed by atoms with Crippen molar-refractivity contribution in [1.29, 1.82) is 0 Å². The van der Waals surface area contributed by atoms with Gasteiger partial charge in [0.1, 0.15) is 12.1 Å². The second-order valence-electron chi connectivity index (χ2n) is 7.06. The maximum Gasteiger partial charge on any atom is 0.227 e. The van der Waals surface area contributed by atoms with E-state index in [2.05, 4.69) is 26.8 Å². The number of likely N-dealkylation sites (tertiary alicyclic amines) is 1. The maximum atomic E-state index is 12.5. The summed E-state index contributed by atoms with van der Waals surface area (Å²) in [6, 6.07) is 6.53. The van der Waals surface area contributed by atoms with Gasteiger partial charge in [0.2, 0.25) is 5.91 Å². The molecule has 0 N–H and O–H groups in total. The Labute approximate surface area is 146 Å². The van der Waals surface area contributed by atoms with Crippen LogP contribution in [0.25, 0.3) is 0 Å². The molecule has 2 fully saturated rings. The van der Waals surface area contributed by atoms with E-state index in [9.17, 15) is 4.79 Å². The van der Waals surface area contributed by atoms with Gasteiger partial charge in [-0.2, -0.15) is 0 Å². The van der Waals surface area contributed by atoms with E-state index in [0.717, 1.165) is 43.0 Å². The van der Waals surface area contributed by atoms with Crippen molar-refractivity contribution in [2.24, 2.45) is 5.41 Å². The van der Waals surface area contributed by atoms with Gasteiger partial charge in [0.05, 0.1) is 6.42 Å². The molecule has 5 nitrogen and oxygen atoms in total. The Hall–Kier alpha value is -1.95. The van der Waals surface area contributed by atoms with Gasteiger partial charge in [-0.05, 0) is 42.2 Å². The van der Waals surface area contributed by atoms with Crippen molar-refractivity contribution in [2.45, 2.75) is 31.7 Å². The Morgan fingerprint density at radius 2 is 2.33 bits per heavy atom. The minimum atomic E-state index is 0.280. The first kappa shape index (κ1) is 15.6. The van der Waals surface area contributed by atoms with Gasteiger partial charge >= 0.3 is 0 Å². The zero-order valence-corrected chi connectivity index (χ0v) is 14.7. The number of carbonyl (C=O) groups excluding carboxylic acids is 1. The molecule has 0 atom stereocenters. The van der Waals surface area contributed by atoms with Gasteiger partial charge < -0.3 is 9.80 Å². The van der Waals surface area contributed by atoms with Crippen molar-refractivity contribution in [3.8, 4) is 0 Å². The van der Waals surface area contributed by atoms with Crippen molar-refractivity contribution >= 4 is 23.1 Å². The van der Waals surface area contributed by atoms with Gasteiger partial charge in [0.25, 0.3) is 0 Å². The fourth-order valence-corrected chi connectivity index (χ4v) is 4.74. The second kappa shape index (κ2) is 6.16. The predicted octanol–water partition coefficient (Wildman–Crippen LogP) is 2.60. The molecule has 1 amide bonds. The number of aromatic nitrogens is 2. The summed E-state index contributed by atoms with van der Waals surface area (Å²) in [6.07, 6.45) is 7.37. The van der Waals surface area contributed by atoms with Gasteiger partial charge in [0, 0.05) is 37.3 Å². The summed E-state index contributed by atoms with van der Waals surface area (Å²) in [4.78, 5) is 26.3. The van der Waals surface area contributed by atoms with E-state index in [1.165, 1.54) is 0 Å².